The molecule has 29 heavy (non-hydrogen) atoms. The molecule has 3 N–H and O–H groups in total. The molecule has 0 aromatic heterocycles. The van der Waals surface area contributed by atoms with Crippen molar-refractivity contribution in [1.29, 1.82) is 0 Å². The Morgan fingerprint density at radius 1 is 0.862 bits per heavy atom. The van der Waals surface area contributed by atoms with Gasteiger partial charge in [0.25, 0.3) is 0 Å². The smallest absolute Gasteiger partial charge is 0.0594 e. The van der Waals surface area contributed by atoms with Crippen LogP contribution in [0.15, 0.2) is 0 Å². The number of fused-ring (bicyclic) bond motifs is 2. The first-order chi connectivity index (χ1) is 13.5. The Morgan fingerprint density at radius 2 is 1.52 bits per heavy atom. The monoisotopic (exact) mass is 402 g/mol. The second kappa shape index (κ2) is 6.01. The molecule has 0 aromatic rings. The zero-order valence-corrected chi connectivity index (χ0v) is 20.1. The van der Waals surface area contributed by atoms with Crippen LogP contribution < -0.4 is 10.6 Å². The van der Waals surface area contributed by atoms with Crippen LogP contribution in [0.5, 0.6) is 0 Å². The summed E-state index contributed by atoms with van der Waals surface area (Å²) in [6.45, 7) is 12.6. The Kier molecular flexibility index (Phi) is 4.31. The van der Waals surface area contributed by atoms with Crippen molar-refractivity contribution < 1.29 is 5.11 Å². The highest BCUT2D eigenvalue weighted by molar-refractivity contribution is 5.31. The van der Waals surface area contributed by atoms with E-state index >= 15 is 0 Å². The molecule has 0 aliphatic heterocycles. The van der Waals surface area contributed by atoms with Gasteiger partial charge in [0.05, 0.1) is 6.10 Å². The van der Waals surface area contributed by atoms with E-state index in [1.54, 1.807) is 0 Å². The number of aliphatic hydroxyl groups is 1. The van der Waals surface area contributed by atoms with Crippen LogP contribution in [0.4, 0.5) is 0 Å². The van der Waals surface area contributed by atoms with Gasteiger partial charge in [-0.3, -0.25) is 0 Å². The highest BCUT2D eigenvalue weighted by Crippen LogP contribution is 2.88. The summed E-state index contributed by atoms with van der Waals surface area (Å²) in [4.78, 5) is 0. The first kappa shape index (κ1) is 20.8. The van der Waals surface area contributed by atoms with Crippen LogP contribution in [0.3, 0.4) is 0 Å². The molecule has 3 nitrogen and oxygen atoms in total. The van der Waals surface area contributed by atoms with Gasteiger partial charge in [0, 0.05) is 18.0 Å². The third-order valence-electron chi connectivity index (χ3n) is 12.5. The standard InChI is InChI=1S/C26H46N2O/c1-16(27-6)21-17(29)14-24(5)19-9-8-18-22(2,3)20(28-7)10-11-25(18)15-26(19,25)13-12-23(21,24)4/h16-21,27-29H,8-15H2,1-7H3/t16-,17+,18-,19+,20-,21-,23+,24-,25+,26-/m0/s1. The van der Waals surface area contributed by atoms with Crippen LogP contribution in [-0.2, 0) is 0 Å². The van der Waals surface area contributed by atoms with Gasteiger partial charge in [-0.2, -0.15) is 0 Å². The van der Waals surface area contributed by atoms with E-state index in [0.717, 1.165) is 18.3 Å². The maximum atomic E-state index is 11.3. The van der Waals surface area contributed by atoms with E-state index in [1.807, 2.05) is 0 Å². The molecule has 0 amide bonds. The summed E-state index contributed by atoms with van der Waals surface area (Å²) >= 11 is 0. The van der Waals surface area contributed by atoms with E-state index in [2.05, 4.69) is 59.3 Å². The lowest BCUT2D eigenvalue weighted by molar-refractivity contribution is -0.144. The minimum atomic E-state index is -0.147. The lowest BCUT2D eigenvalue weighted by atomic mass is 9.42. The molecule has 0 aromatic carbocycles. The molecule has 2 spiro atoms. The molecular weight excluding hydrogens is 356 g/mol. The molecule has 3 heteroatoms. The molecule has 5 aliphatic rings. The molecule has 5 saturated carbocycles. The fourth-order valence-corrected chi connectivity index (χ4v) is 11.1. The third kappa shape index (κ3) is 2.16. The SMILES string of the molecule is CN[C@@H](C)[C@H]1[C@H](O)C[C@@]2(C)[C@H]3CC[C@H]4C(C)(C)[C@@H](NC)CC[C@@]45C[C@@]35CC[C@]12C. The Hall–Kier alpha value is -0.120. The van der Waals surface area contributed by atoms with Gasteiger partial charge < -0.3 is 15.7 Å². The summed E-state index contributed by atoms with van der Waals surface area (Å²) in [7, 11) is 4.25. The van der Waals surface area contributed by atoms with Crippen LogP contribution in [-0.4, -0.2) is 37.4 Å². The van der Waals surface area contributed by atoms with Crippen LogP contribution in [0.1, 0.15) is 86.0 Å². The Balaban J connectivity index is 1.52. The number of hydrogen-bond donors (Lipinski definition) is 3. The highest BCUT2D eigenvalue weighted by atomic mass is 16.3. The fourth-order valence-electron chi connectivity index (χ4n) is 11.1. The molecule has 5 rings (SSSR count). The predicted molar refractivity (Wildman–Crippen MR) is 120 cm³/mol. The van der Waals surface area contributed by atoms with E-state index < -0.39 is 0 Å². The highest BCUT2D eigenvalue weighted by Gasteiger charge is 2.82. The molecule has 5 fully saturated rings. The molecule has 166 valence electrons. The van der Waals surface area contributed by atoms with E-state index in [0.29, 0.717) is 39.7 Å². The molecule has 0 radical (unpaired) electrons. The molecule has 10 atom stereocenters. The van der Waals surface area contributed by atoms with Crippen molar-refractivity contribution >= 4 is 0 Å². The normalized spacial score (nSPS) is 58.6. The molecule has 0 saturated heterocycles. The number of nitrogens with one attached hydrogen (secondary N) is 2. The summed E-state index contributed by atoms with van der Waals surface area (Å²) in [6.07, 6.45) is 10.7. The number of aliphatic hydroxyl groups excluding tert-OH is 1. The number of rotatable bonds is 3. The van der Waals surface area contributed by atoms with Gasteiger partial charge in [0.15, 0.2) is 0 Å². The molecule has 0 bridgehead atoms. The summed E-state index contributed by atoms with van der Waals surface area (Å²) in [6, 6.07) is 1.06. The van der Waals surface area contributed by atoms with Crippen LogP contribution in [0.2, 0.25) is 0 Å². The molecule has 5 aliphatic carbocycles. The largest absolute Gasteiger partial charge is 0.393 e. The zero-order valence-electron chi connectivity index (χ0n) is 20.1. The van der Waals surface area contributed by atoms with Crippen LogP contribution in [0, 0.1) is 44.8 Å². The van der Waals surface area contributed by atoms with Gasteiger partial charge in [0.1, 0.15) is 0 Å². The zero-order chi connectivity index (χ0) is 21.0. The van der Waals surface area contributed by atoms with Gasteiger partial charge in [-0.15, -0.1) is 0 Å². The van der Waals surface area contributed by atoms with Gasteiger partial charge in [-0.1, -0.05) is 27.7 Å². The van der Waals surface area contributed by atoms with Gasteiger partial charge in [-0.25, -0.2) is 0 Å². The van der Waals surface area contributed by atoms with Crippen LogP contribution in [0.25, 0.3) is 0 Å². The lowest BCUT2D eigenvalue weighted by Gasteiger charge is -2.63. The van der Waals surface area contributed by atoms with Crippen molar-refractivity contribution in [3.05, 3.63) is 0 Å². The molecule has 0 unspecified atom stereocenters. The van der Waals surface area contributed by atoms with E-state index in [4.69, 9.17) is 0 Å². The van der Waals surface area contributed by atoms with Crippen molar-refractivity contribution in [2.75, 3.05) is 14.1 Å². The lowest BCUT2D eigenvalue weighted by Crippen LogP contribution is -2.59. The van der Waals surface area contributed by atoms with Gasteiger partial charge >= 0.3 is 0 Å². The summed E-state index contributed by atoms with van der Waals surface area (Å²) in [5, 5.41) is 18.4. The average molecular weight is 403 g/mol. The third-order valence-corrected chi connectivity index (χ3v) is 12.5. The Morgan fingerprint density at radius 3 is 2.17 bits per heavy atom. The predicted octanol–water partition coefficient (Wildman–Crippen LogP) is 4.59. The quantitative estimate of drug-likeness (QED) is 0.647. The average Bonchev–Trinajstić information content (AvgIpc) is 3.26. The first-order valence-electron chi connectivity index (χ1n) is 12.6. The maximum absolute atomic E-state index is 11.3. The molecular formula is C26H46N2O. The van der Waals surface area contributed by atoms with Crippen molar-refractivity contribution in [3.8, 4) is 0 Å². The van der Waals surface area contributed by atoms with Crippen molar-refractivity contribution in [2.24, 2.45) is 44.8 Å². The van der Waals surface area contributed by atoms with Gasteiger partial charge in [-0.05, 0) is 111 Å². The topological polar surface area (TPSA) is 44.3 Å². The fraction of sp³-hybridized carbons (Fsp3) is 1.00. The second-order valence-electron chi connectivity index (χ2n) is 13.1. The minimum absolute atomic E-state index is 0.147. The maximum Gasteiger partial charge on any atom is 0.0594 e. The Labute approximate surface area is 179 Å². The van der Waals surface area contributed by atoms with Crippen LogP contribution >= 0.6 is 0 Å². The second-order valence-corrected chi connectivity index (χ2v) is 13.1. The minimum Gasteiger partial charge on any atom is -0.393 e. The summed E-state index contributed by atoms with van der Waals surface area (Å²) in [5.41, 5.74) is 2.14. The number of hydrogen-bond acceptors (Lipinski definition) is 3. The van der Waals surface area contributed by atoms with E-state index in [-0.39, 0.29) is 11.5 Å². The van der Waals surface area contributed by atoms with Crippen molar-refractivity contribution in [2.45, 2.75) is 104 Å². The van der Waals surface area contributed by atoms with E-state index in [9.17, 15) is 5.11 Å². The van der Waals surface area contributed by atoms with E-state index in [1.165, 1.54) is 44.9 Å². The Bertz CT molecular complexity index is 692. The van der Waals surface area contributed by atoms with Crippen molar-refractivity contribution in [3.63, 3.8) is 0 Å². The molecule has 0 heterocycles. The first-order valence-corrected chi connectivity index (χ1v) is 12.6. The van der Waals surface area contributed by atoms with Crippen molar-refractivity contribution in [1.82, 2.24) is 10.6 Å². The van der Waals surface area contributed by atoms with Gasteiger partial charge in [0.2, 0.25) is 0 Å². The summed E-state index contributed by atoms with van der Waals surface area (Å²) in [5.74, 6) is 2.08. The summed E-state index contributed by atoms with van der Waals surface area (Å²) < 4.78 is 0.